The molecule has 4 N–H and O–H groups in total. The number of rotatable bonds is 11. The molecule has 0 aliphatic heterocycles. The third-order valence-corrected chi connectivity index (χ3v) is 8.02. The fraction of sp³-hybridized carbons (Fsp3) is 0.154. The molecule has 9 heteroatoms. The van der Waals surface area contributed by atoms with E-state index in [9.17, 15) is 19.2 Å². The molecule has 0 aliphatic rings. The number of amidine groups is 1. The molecule has 48 heavy (non-hydrogen) atoms. The molecule has 1 unspecified atom stereocenters. The van der Waals surface area contributed by atoms with Crippen LogP contribution in [0.1, 0.15) is 56.0 Å². The first-order chi connectivity index (χ1) is 23.1. The number of nitrogens with one attached hydrogen (secondary N) is 2. The minimum absolute atomic E-state index is 0.0185. The third-order valence-electron chi connectivity index (χ3n) is 8.02. The number of anilines is 1. The van der Waals surface area contributed by atoms with Gasteiger partial charge >= 0.3 is 11.9 Å². The standard InChI is InChI=1S/C39H35N3O6/c1-23(2)34(39(46)47-3)35(43)28-15-18-30(33(21-28)38(45)48-22-24-9-5-4-6-10-24)31-19-26-11-7-8-12-27(26)20-32(31)37(44)42-29-16-13-25(14-17-29)36(40)41/h4-21,23,34H,22H2,1-3H3,(H3,40,41)(H,42,44). The number of hydrogen-bond acceptors (Lipinski definition) is 7. The normalized spacial score (nSPS) is 11.5. The Morgan fingerprint density at radius 1 is 0.750 bits per heavy atom. The zero-order valence-electron chi connectivity index (χ0n) is 26.8. The van der Waals surface area contributed by atoms with Crippen LogP contribution in [0.25, 0.3) is 21.9 Å². The fourth-order valence-corrected chi connectivity index (χ4v) is 5.47. The lowest BCUT2D eigenvalue weighted by Gasteiger charge is -2.19. The molecule has 0 aromatic heterocycles. The maximum atomic E-state index is 13.9. The van der Waals surface area contributed by atoms with Crippen molar-refractivity contribution in [2.75, 3.05) is 12.4 Å². The average Bonchev–Trinajstić information content (AvgIpc) is 3.10. The van der Waals surface area contributed by atoms with Crippen molar-refractivity contribution in [3.05, 3.63) is 137 Å². The minimum atomic E-state index is -1.08. The molecular weight excluding hydrogens is 606 g/mol. The molecule has 5 rings (SSSR count). The summed E-state index contributed by atoms with van der Waals surface area (Å²) in [5.41, 5.74) is 8.61. The number of fused-ring (bicyclic) bond motifs is 1. The number of esters is 2. The quantitative estimate of drug-likeness (QED) is 0.0461. The maximum absolute atomic E-state index is 13.9. The summed E-state index contributed by atoms with van der Waals surface area (Å²) in [4.78, 5) is 54.0. The van der Waals surface area contributed by atoms with Crippen molar-refractivity contribution < 1.29 is 28.7 Å². The number of carbonyl (C=O) groups is 4. The first-order valence-electron chi connectivity index (χ1n) is 15.3. The van der Waals surface area contributed by atoms with Crippen molar-refractivity contribution in [2.24, 2.45) is 17.6 Å². The van der Waals surface area contributed by atoms with Gasteiger partial charge in [0.2, 0.25) is 0 Å². The number of nitrogens with two attached hydrogens (primary N) is 1. The van der Waals surface area contributed by atoms with Crippen LogP contribution in [0.4, 0.5) is 5.69 Å². The topological polar surface area (TPSA) is 149 Å². The molecule has 1 atom stereocenters. The number of ether oxygens (including phenoxy) is 2. The molecule has 0 aliphatic carbocycles. The molecule has 0 bridgehead atoms. The molecule has 0 saturated carbocycles. The van der Waals surface area contributed by atoms with Crippen molar-refractivity contribution in [3.63, 3.8) is 0 Å². The van der Waals surface area contributed by atoms with E-state index in [4.69, 9.17) is 20.6 Å². The van der Waals surface area contributed by atoms with E-state index in [-0.39, 0.29) is 35.1 Å². The van der Waals surface area contributed by atoms with E-state index in [1.54, 1.807) is 56.3 Å². The highest BCUT2D eigenvalue weighted by Gasteiger charge is 2.33. The maximum Gasteiger partial charge on any atom is 0.339 e. The Morgan fingerprint density at radius 2 is 1.38 bits per heavy atom. The Kier molecular flexibility index (Phi) is 10.1. The highest BCUT2D eigenvalue weighted by Crippen LogP contribution is 2.34. The van der Waals surface area contributed by atoms with E-state index < -0.39 is 29.5 Å². The number of methoxy groups -OCH3 is 1. The smallest absolute Gasteiger partial charge is 0.339 e. The second-order valence-electron chi connectivity index (χ2n) is 11.6. The number of Topliss-reactive ketones (excluding diaryl/α,β-unsaturated/α-hetero) is 1. The number of ketones is 1. The molecule has 242 valence electrons. The SMILES string of the molecule is COC(=O)C(C(=O)c1ccc(-c2cc3ccccc3cc2C(=O)Nc2ccc(C(=N)N)cc2)c(C(=O)OCc2ccccc2)c1)C(C)C. The third kappa shape index (κ3) is 7.31. The Morgan fingerprint density at radius 3 is 2.00 bits per heavy atom. The second-order valence-corrected chi connectivity index (χ2v) is 11.6. The number of carbonyl (C=O) groups excluding carboxylic acids is 4. The minimum Gasteiger partial charge on any atom is -0.468 e. The first kappa shape index (κ1) is 33.3. The molecule has 9 nitrogen and oxygen atoms in total. The lowest BCUT2D eigenvalue weighted by Crippen LogP contribution is -2.30. The van der Waals surface area contributed by atoms with Crippen LogP contribution in [0.3, 0.4) is 0 Å². The van der Waals surface area contributed by atoms with E-state index in [1.165, 1.54) is 13.2 Å². The lowest BCUT2D eigenvalue weighted by molar-refractivity contribution is -0.144. The Bertz CT molecular complexity index is 2020. The Hall–Kier alpha value is -6.09. The number of benzene rings is 5. The molecule has 0 heterocycles. The zero-order chi connectivity index (χ0) is 34.4. The Labute approximate surface area is 278 Å². The molecule has 0 saturated heterocycles. The van der Waals surface area contributed by atoms with Gasteiger partial charge in [0.25, 0.3) is 5.91 Å². The van der Waals surface area contributed by atoms with Gasteiger partial charge in [0.15, 0.2) is 5.78 Å². The summed E-state index contributed by atoms with van der Waals surface area (Å²) in [6.07, 6.45) is 0. The van der Waals surface area contributed by atoms with Crippen LogP contribution in [-0.2, 0) is 20.9 Å². The summed E-state index contributed by atoms with van der Waals surface area (Å²) in [6.45, 7) is 3.47. The molecule has 5 aromatic carbocycles. The number of nitrogen functional groups attached to an aromatic ring is 1. The van der Waals surface area contributed by atoms with Gasteiger partial charge in [-0.05, 0) is 75.8 Å². The predicted octanol–water partition coefficient (Wildman–Crippen LogP) is 7.03. The highest BCUT2D eigenvalue weighted by atomic mass is 16.5. The van der Waals surface area contributed by atoms with Crippen LogP contribution < -0.4 is 11.1 Å². The van der Waals surface area contributed by atoms with Crippen LogP contribution in [0.2, 0.25) is 0 Å². The fourth-order valence-electron chi connectivity index (χ4n) is 5.47. The summed E-state index contributed by atoms with van der Waals surface area (Å²) < 4.78 is 10.6. The predicted molar refractivity (Wildman–Crippen MR) is 185 cm³/mol. The monoisotopic (exact) mass is 641 g/mol. The number of amides is 1. The van der Waals surface area contributed by atoms with Crippen LogP contribution in [-0.4, -0.2) is 36.6 Å². The molecule has 0 radical (unpaired) electrons. The molecule has 0 fully saturated rings. The van der Waals surface area contributed by atoms with Crippen molar-refractivity contribution >= 4 is 45.9 Å². The summed E-state index contributed by atoms with van der Waals surface area (Å²) in [5.74, 6) is -3.85. The second kappa shape index (κ2) is 14.6. The largest absolute Gasteiger partial charge is 0.468 e. The molecular formula is C39H35N3O6. The van der Waals surface area contributed by atoms with Crippen LogP contribution in [0.15, 0.2) is 109 Å². The van der Waals surface area contributed by atoms with Gasteiger partial charge in [0, 0.05) is 22.4 Å². The first-order valence-corrected chi connectivity index (χ1v) is 15.3. The van der Waals surface area contributed by atoms with Gasteiger partial charge in [-0.2, -0.15) is 0 Å². The summed E-state index contributed by atoms with van der Waals surface area (Å²) in [7, 11) is 1.23. The van der Waals surface area contributed by atoms with Gasteiger partial charge in [-0.3, -0.25) is 19.8 Å². The van der Waals surface area contributed by atoms with Crippen molar-refractivity contribution in [1.82, 2.24) is 0 Å². The molecule has 0 spiro atoms. The zero-order valence-corrected chi connectivity index (χ0v) is 26.8. The van der Waals surface area contributed by atoms with Gasteiger partial charge in [-0.1, -0.05) is 80.6 Å². The van der Waals surface area contributed by atoms with E-state index >= 15 is 0 Å². The summed E-state index contributed by atoms with van der Waals surface area (Å²) in [6, 6.07) is 31.4. The van der Waals surface area contributed by atoms with Gasteiger partial charge in [-0.15, -0.1) is 0 Å². The highest BCUT2D eigenvalue weighted by molar-refractivity contribution is 6.14. The van der Waals surface area contributed by atoms with Crippen molar-refractivity contribution in [1.29, 1.82) is 5.41 Å². The Balaban J connectivity index is 1.63. The van der Waals surface area contributed by atoms with Crippen LogP contribution in [0, 0.1) is 17.2 Å². The van der Waals surface area contributed by atoms with E-state index in [1.807, 2.05) is 60.7 Å². The number of hydrogen-bond donors (Lipinski definition) is 3. The van der Waals surface area contributed by atoms with Gasteiger partial charge in [0.1, 0.15) is 18.4 Å². The van der Waals surface area contributed by atoms with Gasteiger partial charge in [-0.25, -0.2) is 4.79 Å². The van der Waals surface area contributed by atoms with Crippen molar-refractivity contribution in [2.45, 2.75) is 20.5 Å². The average molecular weight is 642 g/mol. The molecule has 5 aromatic rings. The summed E-state index contributed by atoms with van der Waals surface area (Å²) >= 11 is 0. The summed E-state index contributed by atoms with van der Waals surface area (Å²) in [5, 5.41) is 12.2. The van der Waals surface area contributed by atoms with E-state index in [0.29, 0.717) is 22.4 Å². The lowest BCUT2D eigenvalue weighted by atomic mass is 9.85. The van der Waals surface area contributed by atoms with Crippen molar-refractivity contribution in [3.8, 4) is 11.1 Å². The van der Waals surface area contributed by atoms with E-state index in [0.717, 1.165) is 16.3 Å². The molecule has 1 amide bonds. The van der Waals surface area contributed by atoms with Crippen LogP contribution >= 0.6 is 0 Å². The van der Waals surface area contributed by atoms with Gasteiger partial charge < -0.3 is 20.5 Å². The van der Waals surface area contributed by atoms with E-state index in [2.05, 4.69) is 5.32 Å². The van der Waals surface area contributed by atoms with Crippen LogP contribution in [0.5, 0.6) is 0 Å². The van der Waals surface area contributed by atoms with Gasteiger partial charge in [0.05, 0.1) is 12.7 Å².